The van der Waals surface area contributed by atoms with Gasteiger partial charge in [-0.3, -0.25) is 4.79 Å². The predicted octanol–water partition coefficient (Wildman–Crippen LogP) is 1.20. The van der Waals surface area contributed by atoms with Crippen LogP contribution in [-0.2, 0) is 24.4 Å². The molecule has 9 heteroatoms. The van der Waals surface area contributed by atoms with E-state index in [4.69, 9.17) is 9.57 Å². The highest BCUT2D eigenvalue weighted by Gasteiger charge is 2.49. The first-order valence-electron chi connectivity index (χ1n) is 9.60. The van der Waals surface area contributed by atoms with Gasteiger partial charge in [-0.25, -0.2) is 8.42 Å². The summed E-state index contributed by atoms with van der Waals surface area (Å²) in [6.07, 6.45) is 2.83. The fraction of sp³-hybridized carbons (Fsp3) is 0.579. The highest BCUT2D eigenvalue weighted by Crippen LogP contribution is 2.36. The highest BCUT2D eigenvalue weighted by molar-refractivity contribution is 7.89. The van der Waals surface area contributed by atoms with E-state index >= 15 is 0 Å². The number of nitrogens with one attached hydrogen (secondary N) is 1. The number of amides is 1. The zero-order valence-electron chi connectivity index (χ0n) is 15.9. The molecule has 3 aliphatic heterocycles. The molecule has 2 atom stereocenters. The summed E-state index contributed by atoms with van der Waals surface area (Å²) in [4.78, 5) is 18.2. The lowest BCUT2D eigenvalue weighted by molar-refractivity contribution is -0.115. The number of hydrogen-bond acceptors (Lipinski definition) is 6. The number of ether oxygens (including phenoxy) is 1. The maximum Gasteiger partial charge on any atom is 0.269 e. The summed E-state index contributed by atoms with van der Waals surface area (Å²) >= 11 is 0. The Labute approximate surface area is 164 Å². The molecule has 1 spiro atoms. The molecule has 3 heterocycles. The van der Waals surface area contributed by atoms with Gasteiger partial charge < -0.3 is 14.9 Å². The second kappa shape index (κ2) is 7.46. The molecule has 0 unspecified atom stereocenters. The van der Waals surface area contributed by atoms with Gasteiger partial charge in [0, 0.05) is 32.5 Å². The van der Waals surface area contributed by atoms with Crippen molar-refractivity contribution in [1.29, 1.82) is 0 Å². The van der Waals surface area contributed by atoms with Crippen molar-refractivity contribution in [3.05, 3.63) is 29.8 Å². The molecule has 152 valence electrons. The standard InChI is InChI=1S/C19H25N3O5S/c1-14-4-2-6-16(10-14)28(24,25)22-8-7-19(13-22)11-17(21-27-19)18(23)20-12-15-5-3-9-26-15/h2,4,6,10,15H,3,5,7-9,11-13H2,1H3,(H,20,23)/t15-,19-/m1/s1. The van der Waals surface area contributed by atoms with Gasteiger partial charge in [0.1, 0.15) is 5.71 Å². The molecule has 2 fully saturated rings. The maximum atomic E-state index is 12.9. The van der Waals surface area contributed by atoms with Crippen LogP contribution >= 0.6 is 0 Å². The van der Waals surface area contributed by atoms with E-state index in [0.717, 1.165) is 25.0 Å². The van der Waals surface area contributed by atoms with Crippen molar-refractivity contribution in [1.82, 2.24) is 9.62 Å². The molecule has 8 nitrogen and oxygen atoms in total. The molecule has 0 saturated carbocycles. The molecular weight excluding hydrogens is 382 g/mol. The summed E-state index contributed by atoms with van der Waals surface area (Å²) in [6.45, 7) is 3.59. The summed E-state index contributed by atoms with van der Waals surface area (Å²) in [5.74, 6) is -0.271. The number of nitrogens with zero attached hydrogens (tertiary/aromatic N) is 2. The minimum Gasteiger partial charge on any atom is -0.387 e. The Morgan fingerprint density at radius 3 is 3.04 bits per heavy atom. The number of hydrogen-bond donors (Lipinski definition) is 1. The highest BCUT2D eigenvalue weighted by atomic mass is 32.2. The fourth-order valence-electron chi connectivity index (χ4n) is 3.91. The molecule has 1 amide bonds. The van der Waals surface area contributed by atoms with Crippen molar-refractivity contribution in [2.24, 2.45) is 5.16 Å². The van der Waals surface area contributed by atoms with Crippen molar-refractivity contribution in [2.75, 3.05) is 26.2 Å². The molecule has 3 aliphatic rings. The first kappa shape index (κ1) is 19.4. The van der Waals surface area contributed by atoms with Crippen molar-refractivity contribution in [3.8, 4) is 0 Å². The molecule has 0 aromatic heterocycles. The normalized spacial score (nSPS) is 27.8. The van der Waals surface area contributed by atoms with Crippen LogP contribution in [0.25, 0.3) is 0 Å². The number of carbonyl (C=O) groups excluding carboxylic acids is 1. The van der Waals surface area contributed by atoms with Crippen LogP contribution in [0.15, 0.2) is 34.3 Å². The van der Waals surface area contributed by atoms with Gasteiger partial charge >= 0.3 is 0 Å². The van der Waals surface area contributed by atoms with Crippen LogP contribution in [0.2, 0.25) is 0 Å². The first-order chi connectivity index (χ1) is 13.4. The van der Waals surface area contributed by atoms with Crippen LogP contribution in [0.5, 0.6) is 0 Å². The number of rotatable bonds is 5. The van der Waals surface area contributed by atoms with E-state index in [0.29, 0.717) is 31.6 Å². The summed E-state index contributed by atoms with van der Waals surface area (Å²) < 4.78 is 32.8. The van der Waals surface area contributed by atoms with E-state index in [-0.39, 0.29) is 23.5 Å². The first-order valence-corrected chi connectivity index (χ1v) is 11.0. The average Bonchev–Trinajstić information content (AvgIpc) is 3.42. The maximum absolute atomic E-state index is 12.9. The van der Waals surface area contributed by atoms with Crippen LogP contribution < -0.4 is 5.32 Å². The van der Waals surface area contributed by atoms with Crippen molar-refractivity contribution >= 4 is 21.6 Å². The van der Waals surface area contributed by atoms with E-state index < -0.39 is 15.6 Å². The third kappa shape index (κ3) is 3.78. The van der Waals surface area contributed by atoms with Gasteiger partial charge in [-0.05, 0) is 37.5 Å². The van der Waals surface area contributed by atoms with Gasteiger partial charge in [0.25, 0.3) is 5.91 Å². The number of benzene rings is 1. The monoisotopic (exact) mass is 407 g/mol. The van der Waals surface area contributed by atoms with Crippen LogP contribution in [0.4, 0.5) is 0 Å². The number of aryl methyl sites for hydroxylation is 1. The molecule has 0 aliphatic carbocycles. The molecule has 0 bridgehead atoms. The second-order valence-corrected chi connectivity index (χ2v) is 9.68. The molecule has 4 rings (SSSR count). The van der Waals surface area contributed by atoms with E-state index in [1.165, 1.54) is 4.31 Å². The summed E-state index contributed by atoms with van der Waals surface area (Å²) in [6, 6.07) is 6.86. The zero-order valence-corrected chi connectivity index (χ0v) is 16.7. The summed E-state index contributed by atoms with van der Waals surface area (Å²) in [5.41, 5.74) is 0.446. The van der Waals surface area contributed by atoms with E-state index in [1.54, 1.807) is 18.2 Å². The zero-order chi connectivity index (χ0) is 19.8. The van der Waals surface area contributed by atoms with E-state index in [2.05, 4.69) is 10.5 Å². The lowest BCUT2D eigenvalue weighted by Gasteiger charge is -2.21. The SMILES string of the molecule is Cc1cccc(S(=O)(=O)N2CC[C@@]3(CC(C(=O)NC[C@H]4CCCO4)=NO3)C2)c1. The molecule has 0 radical (unpaired) electrons. The van der Waals surface area contributed by atoms with E-state index in [9.17, 15) is 13.2 Å². The van der Waals surface area contributed by atoms with Crippen molar-refractivity contribution < 1.29 is 22.8 Å². The van der Waals surface area contributed by atoms with Gasteiger partial charge in [-0.2, -0.15) is 4.31 Å². The second-order valence-electron chi connectivity index (χ2n) is 7.74. The molecule has 1 aromatic rings. The number of oxime groups is 1. The minimum absolute atomic E-state index is 0.0577. The van der Waals surface area contributed by atoms with Crippen LogP contribution in [-0.4, -0.2) is 62.3 Å². The Morgan fingerprint density at radius 1 is 1.43 bits per heavy atom. The van der Waals surface area contributed by atoms with E-state index in [1.807, 2.05) is 13.0 Å². The van der Waals surface area contributed by atoms with Crippen molar-refractivity contribution in [3.63, 3.8) is 0 Å². The molecule has 1 aromatic carbocycles. The van der Waals surface area contributed by atoms with Gasteiger partial charge in [-0.15, -0.1) is 0 Å². The Kier molecular flexibility index (Phi) is 5.15. The smallest absolute Gasteiger partial charge is 0.269 e. The van der Waals surface area contributed by atoms with Crippen LogP contribution in [0.1, 0.15) is 31.2 Å². The Hall–Kier alpha value is -1.97. The average molecular weight is 407 g/mol. The Bertz CT molecular complexity index is 895. The van der Waals surface area contributed by atoms with Gasteiger partial charge in [-0.1, -0.05) is 17.3 Å². The third-order valence-corrected chi connectivity index (χ3v) is 7.37. The summed E-state index contributed by atoms with van der Waals surface area (Å²) in [7, 11) is -3.60. The quantitative estimate of drug-likeness (QED) is 0.791. The fourth-order valence-corrected chi connectivity index (χ4v) is 5.53. The van der Waals surface area contributed by atoms with Crippen LogP contribution in [0.3, 0.4) is 0 Å². The number of carbonyl (C=O) groups is 1. The van der Waals surface area contributed by atoms with Crippen molar-refractivity contribution in [2.45, 2.75) is 49.2 Å². The third-order valence-electron chi connectivity index (χ3n) is 5.52. The number of sulfonamides is 1. The van der Waals surface area contributed by atoms with Gasteiger partial charge in [0.15, 0.2) is 5.60 Å². The molecule has 2 saturated heterocycles. The Morgan fingerprint density at radius 2 is 2.29 bits per heavy atom. The largest absolute Gasteiger partial charge is 0.387 e. The van der Waals surface area contributed by atoms with Gasteiger partial charge in [0.2, 0.25) is 10.0 Å². The molecule has 28 heavy (non-hydrogen) atoms. The van der Waals surface area contributed by atoms with Crippen LogP contribution in [0, 0.1) is 6.92 Å². The molecular formula is C19H25N3O5S. The summed E-state index contributed by atoms with van der Waals surface area (Å²) in [5, 5.41) is 6.80. The lowest BCUT2D eigenvalue weighted by Crippen LogP contribution is -2.40. The predicted molar refractivity (Wildman–Crippen MR) is 102 cm³/mol. The topological polar surface area (TPSA) is 97.3 Å². The minimum atomic E-state index is -3.60. The Balaban J connectivity index is 1.37. The molecule has 1 N–H and O–H groups in total. The lowest BCUT2D eigenvalue weighted by atomic mass is 9.96. The van der Waals surface area contributed by atoms with Gasteiger partial charge in [0.05, 0.1) is 17.5 Å².